The molecule has 6 aromatic rings. The molecule has 4 aromatic carbocycles. The van der Waals surface area contributed by atoms with Crippen molar-refractivity contribution in [3.8, 4) is 68.8 Å². The predicted octanol–water partition coefficient (Wildman–Crippen LogP) is 11.1. The van der Waals surface area contributed by atoms with Crippen molar-refractivity contribution in [3.63, 3.8) is 0 Å². The van der Waals surface area contributed by atoms with Crippen molar-refractivity contribution in [1.82, 2.24) is 19.9 Å². The molecule has 61 heavy (non-hydrogen) atoms. The van der Waals surface area contributed by atoms with Gasteiger partial charge >= 0.3 is 0 Å². The molecule has 0 saturated carbocycles. The van der Waals surface area contributed by atoms with Gasteiger partial charge in [0.25, 0.3) is 5.69 Å². The highest BCUT2D eigenvalue weighted by atomic mass is 16.6. The molecule has 3 aliphatic heterocycles. The molecule has 8 bridgehead atoms. The fourth-order valence-corrected chi connectivity index (χ4v) is 8.61. The van der Waals surface area contributed by atoms with Gasteiger partial charge in [-0.25, -0.2) is 9.97 Å². The van der Waals surface area contributed by atoms with Crippen LogP contribution in [0.2, 0.25) is 0 Å². The first kappa shape index (κ1) is 37.7. The van der Waals surface area contributed by atoms with E-state index >= 15 is 0 Å². The van der Waals surface area contributed by atoms with Crippen LogP contribution in [0.5, 0.6) is 0 Å². The zero-order valence-corrected chi connectivity index (χ0v) is 32.2. The van der Waals surface area contributed by atoms with Crippen molar-refractivity contribution < 1.29 is 4.92 Å². The summed E-state index contributed by atoms with van der Waals surface area (Å²) in [5.41, 5.74) is 8.19. The Bertz CT molecular complexity index is 3150. The average Bonchev–Trinajstić information content (AvgIpc) is 4.13. The molecule has 3 aliphatic rings. The fraction of sp³-hybridized carbons (Fsp3) is 0.0800. The number of aromatic amines is 2. The van der Waals surface area contributed by atoms with Crippen molar-refractivity contribution in [1.29, 1.82) is 21.0 Å². The summed E-state index contributed by atoms with van der Waals surface area (Å²) < 4.78 is 0. The summed E-state index contributed by atoms with van der Waals surface area (Å²) in [6.45, 7) is 0. The van der Waals surface area contributed by atoms with E-state index in [1.165, 1.54) is 6.07 Å². The number of fused-ring (bicyclic) bond motifs is 8. The summed E-state index contributed by atoms with van der Waals surface area (Å²) in [7, 11) is 0. The smallest absolute Gasteiger partial charge is 0.295 e. The standard InChI is InChI=1S/C50H31N9O2/c51-26-34(27-52)46-47(35(28-53)29-54)50-45(33-19-11-4-12-20-33)39-24-23-37(56-39)43(31-15-7-2-8-16-31)48-41(59(60)61)25-40(57-48)42(30-13-5-1-6-14-30)36-21-22-38(55-36)44(49(46)58-50)32-17-9-3-10-18-32/h1-25,34-35,46-47,57-58H. The third-order valence-electron chi connectivity index (χ3n) is 11.2. The van der Waals surface area contributed by atoms with E-state index in [1.807, 2.05) is 133 Å². The van der Waals surface area contributed by atoms with Gasteiger partial charge in [0, 0.05) is 51.5 Å². The minimum Gasteiger partial charge on any atom is -0.360 e. The van der Waals surface area contributed by atoms with Crippen molar-refractivity contribution >= 4 is 41.0 Å². The second-order valence-corrected chi connectivity index (χ2v) is 14.6. The molecule has 2 aromatic heterocycles. The number of hydrogen-bond donors (Lipinski definition) is 2. The molecule has 0 saturated heterocycles. The van der Waals surface area contributed by atoms with Crippen LogP contribution >= 0.6 is 0 Å². The molecule has 2 unspecified atom stereocenters. The van der Waals surface area contributed by atoms with Gasteiger partial charge in [0.15, 0.2) is 0 Å². The van der Waals surface area contributed by atoms with Gasteiger partial charge in [0.1, 0.15) is 17.4 Å². The second kappa shape index (κ2) is 15.8. The maximum atomic E-state index is 13.1. The van der Waals surface area contributed by atoms with Gasteiger partial charge < -0.3 is 9.97 Å². The highest BCUT2D eigenvalue weighted by Gasteiger charge is 2.45. The summed E-state index contributed by atoms with van der Waals surface area (Å²) >= 11 is 0. The number of hydrogen-bond acceptors (Lipinski definition) is 8. The minimum absolute atomic E-state index is 0.162. The van der Waals surface area contributed by atoms with Crippen LogP contribution in [0.3, 0.4) is 0 Å². The van der Waals surface area contributed by atoms with E-state index in [0.717, 1.165) is 5.56 Å². The predicted molar refractivity (Wildman–Crippen MR) is 233 cm³/mol. The molecule has 11 nitrogen and oxygen atoms in total. The van der Waals surface area contributed by atoms with Gasteiger partial charge in [0.05, 0.1) is 57.5 Å². The van der Waals surface area contributed by atoms with Gasteiger partial charge in [-0.3, -0.25) is 10.1 Å². The number of nitrogens with zero attached hydrogens (tertiary/aromatic N) is 7. The van der Waals surface area contributed by atoms with Crippen molar-refractivity contribution in [2.24, 2.45) is 11.8 Å². The molecule has 0 aliphatic carbocycles. The lowest BCUT2D eigenvalue weighted by atomic mass is 9.72. The number of nitro groups is 1. The highest BCUT2D eigenvalue weighted by molar-refractivity contribution is 6.00. The van der Waals surface area contributed by atoms with Crippen LogP contribution in [0.4, 0.5) is 5.69 Å². The molecule has 5 heterocycles. The quantitative estimate of drug-likeness (QED) is 0.117. The van der Waals surface area contributed by atoms with Crippen LogP contribution in [0.25, 0.3) is 79.8 Å². The van der Waals surface area contributed by atoms with Gasteiger partial charge in [-0.2, -0.15) is 21.0 Å². The third kappa shape index (κ3) is 6.55. The van der Waals surface area contributed by atoms with E-state index < -0.39 is 28.6 Å². The molecule has 0 spiro atoms. The average molecular weight is 790 g/mol. The number of nitrogens with one attached hydrogen (secondary N) is 2. The monoisotopic (exact) mass is 789 g/mol. The van der Waals surface area contributed by atoms with Gasteiger partial charge in [0.2, 0.25) is 0 Å². The Labute approximate surface area is 350 Å². The van der Waals surface area contributed by atoms with Crippen molar-refractivity contribution in [3.05, 3.63) is 172 Å². The summed E-state index contributed by atoms with van der Waals surface area (Å²) in [6, 6.07) is 47.8. The zero-order chi connectivity index (χ0) is 42.0. The number of benzene rings is 4. The number of rotatable bonds is 7. The molecule has 9 rings (SSSR count). The van der Waals surface area contributed by atoms with Crippen LogP contribution in [0, 0.1) is 67.3 Å². The maximum Gasteiger partial charge on any atom is 0.295 e. The van der Waals surface area contributed by atoms with Gasteiger partial charge in [-0.15, -0.1) is 0 Å². The first-order valence-corrected chi connectivity index (χ1v) is 19.4. The largest absolute Gasteiger partial charge is 0.360 e. The maximum absolute atomic E-state index is 13.1. The number of nitriles is 4. The lowest BCUT2D eigenvalue weighted by molar-refractivity contribution is -0.382. The minimum atomic E-state index is -1.31. The lowest BCUT2D eigenvalue weighted by Crippen LogP contribution is -2.21. The molecular formula is C50H31N9O2. The Hall–Kier alpha value is -8.90. The van der Waals surface area contributed by atoms with E-state index in [4.69, 9.17) is 9.97 Å². The van der Waals surface area contributed by atoms with Crippen molar-refractivity contribution in [2.75, 3.05) is 0 Å². The third-order valence-corrected chi connectivity index (χ3v) is 11.2. The Kier molecular flexibility index (Phi) is 9.76. The summed E-state index contributed by atoms with van der Waals surface area (Å²) in [6.07, 6.45) is 7.28. The number of aromatic nitrogens is 4. The van der Waals surface area contributed by atoms with E-state index in [9.17, 15) is 31.2 Å². The van der Waals surface area contributed by atoms with E-state index in [2.05, 4.69) is 34.2 Å². The topological polar surface area (TPSA) is 196 Å². The van der Waals surface area contributed by atoms with Crippen LogP contribution in [0.15, 0.2) is 127 Å². The molecule has 0 amide bonds. The van der Waals surface area contributed by atoms with E-state index in [-0.39, 0.29) is 11.2 Å². The van der Waals surface area contributed by atoms with E-state index in [0.29, 0.717) is 78.6 Å². The van der Waals surface area contributed by atoms with Crippen molar-refractivity contribution in [2.45, 2.75) is 11.8 Å². The Morgan fingerprint density at radius 2 is 0.852 bits per heavy atom. The first-order valence-electron chi connectivity index (χ1n) is 19.4. The molecule has 0 radical (unpaired) electrons. The summed E-state index contributed by atoms with van der Waals surface area (Å²) in [5.74, 6) is -4.62. The lowest BCUT2D eigenvalue weighted by Gasteiger charge is -2.24. The second-order valence-electron chi connectivity index (χ2n) is 14.6. The van der Waals surface area contributed by atoms with Gasteiger partial charge in [-0.1, -0.05) is 121 Å². The normalized spacial score (nSPS) is 14.5. The molecule has 288 valence electrons. The van der Waals surface area contributed by atoms with E-state index in [1.54, 1.807) is 12.2 Å². The molecule has 2 atom stereocenters. The molecular weight excluding hydrogens is 759 g/mol. The van der Waals surface area contributed by atoms with Crippen LogP contribution in [0.1, 0.15) is 46.0 Å². The summed E-state index contributed by atoms with van der Waals surface area (Å²) in [5, 5.41) is 55.7. The van der Waals surface area contributed by atoms with Crippen LogP contribution < -0.4 is 0 Å². The Balaban J connectivity index is 1.59. The molecule has 0 fully saturated rings. The Morgan fingerprint density at radius 1 is 0.508 bits per heavy atom. The first-order chi connectivity index (χ1) is 29.9. The fourth-order valence-electron chi connectivity index (χ4n) is 8.61. The highest BCUT2D eigenvalue weighted by Crippen LogP contribution is 2.52. The molecule has 11 heteroatoms. The summed E-state index contributed by atoms with van der Waals surface area (Å²) in [4.78, 5) is 30.2. The molecule has 2 N–H and O–H groups in total. The van der Waals surface area contributed by atoms with Crippen LogP contribution in [-0.4, -0.2) is 24.9 Å². The SMILES string of the molecule is N#CC(C#N)C1c2[nH]c(c(-c3ccccc3)c3nc(c(-c4ccccc4)c4[nH]c(cc4[N+](=O)[O-])c(-c4ccccc4)c4nc(c2-c2ccccc2)C=C4)C=C3)C1C(C#N)C#N. The Morgan fingerprint density at radius 3 is 1.23 bits per heavy atom. The zero-order valence-electron chi connectivity index (χ0n) is 32.2. The van der Waals surface area contributed by atoms with Gasteiger partial charge in [-0.05, 0) is 46.6 Å². The number of H-pyrrole nitrogens is 2. The van der Waals surface area contributed by atoms with Crippen LogP contribution in [-0.2, 0) is 0 Å².